The predicted octanol–water partition coefficient (Wildman–Crippen LogP) is 4.27. The van der Waals surface area contributed by atoms with Gasteiger partial charge in [-0.05, 0) is 30.4 Å². The first-order valence-corrected chi connectivity index (χ1v) is 6.40. The number of hydrogen-bond acceptors (Lipinski definition) is 2. The highest BCUT2D eigenvalue weighted by molar-refractivity contribution is 5.74. The minimum Gasteiger partial charge on any atom is -0.249 e. The maximum Gasteiger partial charge on any atom is 0.0890 e. The molecular weight excluding hydrogens is 208 g/mol. The van der Waals surface area contributed by atoms with Gasteiger partial charge in [0.25, 0.3) is 0 Å². The molecule has 0 radical (unpaired) electrons. The first kappa shape index (κ1) is 12.0. The standard InChI is InChI=1S/C15H20N2/c1-5-11(4)15-14(10(2)3)16-12-8-6-7-9-13(12)17-15/h6-11H,5H2,1-4H3. The molecule has 0 aliphatic heterocycles. The summed E-state index contributed by atoms with van der Waals surface area (Å²) in [5.74, 6) is 0.903. The van der Waals surface area contributed by atoms with Crippen molar-refractivity contribution in [1.29, 1.82) is 0 Å². The van der Waals surface area contributed by atoms with E-state index in [4.69, 9.17) is 9.97 Å². The molecule has 17 heavy (non-hydrogen) atoms. The van der Waals surface area contributed by atoms with Gasteiger partial charge in [0.1, 0.15) is 0 Å². The van der Waals surface area contributed by atoms with E-state index >= 15 is 0 Å². The average molecular weight is 228 g/mol. The molecule has 1 unspecified atom stereocenters. The van der Waals surface area contributed by atoms with Gasteiger partial charge in [-0.2, -0.15) is 0 Å². The molecule has 1 aromatic heterocycles. The van der Waals surface area contributed by atoms with Gasteiger partial charge in [0.2, 0.25) is 0 Å². The van der Waals surface area contributed by atoms with Crippen LogP contribution in [0.4, 0.5) is 0 Å². The fourth-order valence-corrected chi connectivity index (χ4v) is 2.01. The van der Waals surface area contributed by atoms with Crippen LogP contribution >= 0.6 is 0 Å². The summed E-state index contributed by atoms with van der Waals surface area (Å²) in [5.41, 5.74) is 4.33. The predicted molar refractivity (Wildman–Crippen MR) is 72.3 cm³/mol. The summed E-state index contributed by atoms with van der Waals surface area (Å²) in [6, 6.07) is 8.11. The minimum absolute atomic E-state index is 0.427. The molecule has 1 aromatic carbocycles. The Bertz CT molecular complexity index is 517. The smallest absolute Gasteiger partial charge is 0.0890 e. The number of nitrogens with zero attached hydrogens (tertiary/aromatic N) is 2. The van der Waals surface area contributed by atoms with Crippen molar-refractivity contribution in [2.24, 2.45) is 0 Å². The molecule has 1 heterocycles. The van der Waals surface area contributed by atoms with E-state index in [0.717, 1.165) is 23.1 Å². The lowest BCUT2D eigenvalue weighted by Gasteiger charge is -2.16. The first-order valence-electron chi connectivity index (χ1n) is 6.40. The monoisotopic (exact) mass is 228 g/mol. The number of aromatic nitrogens is 2. The molecule has 2 aromatic rings. The molecule has 2 rings (SSSR count). The van der Waals surface area contributed by atoms with E-state index in [1.807, 2.05) is 24.3 Å². The summed E-state index contributed by atoms with van der Waals surface area (Å²) >= 11 is 0. The van der Waals surface area contributed by atoms with Crippen molar-refractivity contribution in [2.45, 2.75) is 46.0 Å². The van der Waals surface area contributed by atoms with Crippen LogP contribution in [-0.4, -0.2) is 9.97 Å². The van der Waals surface area contributed by atoms with Crippen LogP contribution in [0, 0.1) is 0 Å². The second-order valence-corrected chi connectivity index (χ2v) is 4.95. The summed E-state index contributed by atoms with van der Waals surface area (Å²) in [5, 5.41) is 0. The van der Waals surface area contributed by atoms with E-state index in [9.17, 15) is 0 Å². The van der Waals surface area contributed by atoms with Crippen molar-refractivity contribution in [3.63, 3.8) is 0 Å². The van der Waals surface area contributed by atoms with Gasteiger partial charge in [-0.3, -0.25) is 0 Å². The fourth-order valence-electron chi connectivity index (χ4n) is 2.01. The van der Waals surface area contributed by atoms with Crippen LogP contribution in [0.25, 0.3) is 11.0 Å². The molecule has 0 fully saturated rings. The number of para-hydroxylation sites is 2. The molecule has 2 nitrogen and oxygen atoms in total. The highest BCUT2D eigenvalue weighted by Crippen LogP contribution is 2.26. The molecule has 2 heteroatoms. The van der Waals surface area contributed by atoms with E-state index in [0.29, 0.717) is 11.8 Å². The van der Waals surface area contributed by atoms with Gasteiger partial charge in [0.05, 0.1) is 22.4 Å². The molecule has 90 valence electrons. The third-order valence-corrected chi connectivity index (χ3v) is 3.25. The number of benzene rings is 1. The van der Waals surface area contributed by atoms with Crippen molar-refractivity contribution < 1.29 is 0 Å². The quantitative estimate of drug-likeness (QED) is 0.784. The SMILES string of the molecule is CCC(C)c1nc2ccccc2nc1C(C)C. The third-order valence-electron chi connectivity index (χ3n) is 3.25. The van der Waals surface area contributed by atoms with Crippen molar-refractivity contribution in [2.75, 3.05) is 0 Å². The largest absolute Gasteiger partial charge is 0.249 e. The molecule has 0 saturated heterocycles. The van der Waals surface area contributed by atoms with Gasteiger partial charge in [-0.25, -0.2) is 9.97 Å². The van der Waals surface area contributed by atoms with Crippen LogP contribution in [0.15, 0.2) is 24.3 Å². The molecule has 0 aliphatic rings. The second-order valence-electron chi connectivity index (χ2n) is 4.95. The molecule has 0 bridgehead atoms. The Morgan fingerprint density at radius 1 is 0.941 bits per heavy atom. The van der Waals surface area contributed by atoms with Crippen molar-refractivity contribution in [3.05, 3.63) is 35.7 Å². The van der Waals surface area contributed by atoms with Crippen LogP contribution in [0.1, 0.15) is 57.3 Å². The molecule has 1 atom stereocenters. The molecule has 0 N–H and O–H groups in total. The Hall–Kier alpha value is -1.44. The lowest BCUT2D eigenvalue weighted by molar-refractivity contribution is 0.672. The molecule has 0 saturated carbocycles. The zero-order valence-corrected chi connectivity index (χ0v) is 11.1. The molecule has 0 aliphatic carbocycles. The first-order chi connectivity index (χ1) is 8.13. The van der Waals surface area contributed by atoms with Gasteiger partial charge in [-0.15, -0.1) is 0 Å². The maximum atomic E-state index is 4.80. The van der Waals surface area contributed by atoms with Crippen molar-refractivity contribution in [1.82, 2.24) is 9.97 Å². The Labute approximate surface area is 103 Å². The minimum atomic E-state index is 0.427. The normalized spacial score (nSPS) is 13.2. The van der Waals surface area contributed by atoms with E-state index in [1.165, 1.54) is 5.69 Å². The number of hydrogen-bond donors (Lipinski definition) is 0. The Morgan fingerprint density at radius 2 is 1.47 bits per heavy atom. The summed E-state index contributed by atoms with van der Waals surface area (Å²) in [7, 11) is 0. The average Bonchev–Trinajstić information content (AvgIpc) is 2.36. The zero-order valence-electron chi connectivity index (χ0n) is 11.1. The van der Waals surface area contributed by atoms with Gasteiger partial charge in [0, 0.05) is 0 Å². The third kappa shape index (κ3) is 2.31. The summed E-state index contributed by atoms with van der Waals surface area (Å²) in [6.07, 6.45) is 1.10. The summed E-state index contributed by atoms with van der Waals surface area (Å²) in [4.78, 5) is 9.59. The zero-order chi connectivity index (χ0) is 12.4. The second kappa shape index (κ2) is 4.82. The Balaban J connectivity index is 2.66. The lowest BCUT2D eigenvalue weighted by atomic mass is 9.97. The van der Waals surface area contributed by atoms with Crippen LogP contribution in [0.2, 0.25) is 0 Å². The summed E-state index contributed by atoms with van der Waals surface area (Å²) < 4.78 is 0. The molecule has 0 spiro atoms. The fraction of sp³-hybridized carbons (Fsp3) is 0.467. The van der Waals surface area contributed by atoms with Gasteiger partial charge < -0.3 is 0 Å². The number of rotatable bonds is 3. The molecular formula is C15H20N2. The highest BCUT2D eigenvalue weighted by Gasteiger charge is 2.16. The summed E-state index contributed by atoms with van der Waals surface area (Å²) in [6.45, 7) is 8.80. The van der Waals surface area contributed by atoms with Crippen molar-refractivity contribution >= 4 is 11.0 Å². The van der Waals surface area contributed by atoms with E-state index in [2.05, 4.69) is 27.7 Å². The van der Waals surface area contributed by atoms with Gasteiger partial charge in [-0.1, -0.05) is 39.8 Å². The van der Waals surface area contributed by atoms with Crippen molar-refractivity contribution in [3.8, 4) is 0 Å². The van der Waals surface area contributed by atoms with Gasteiger partial charge in [0.15, 0.2) is 0 Å². The lowest BCUT2D eigenvalue weighted by Crippen LogP contribution is -2.07. The Kier molecular flexibility index (Phi) is 3.41. The van der Waals surface area contributed by atoms with Crippen LogP contribution in [0.3, 0.4) is 0 Å². The van der Waals surface area contributed by atoms with Crippen LogP contribution in [-0.2, 0) is 0 Å². The maximum absolute atomic E-state index is 4.80. The van der Waals surface area contributed by atoms with Crippen LogP contribution < -0.4 is 0 Å². The topological polar surface area (TPSA) is 25.8 Å². The van der Waals surface area contributed by atoms with E-state index in [-0.39, 0.29) is 0 Å². The highest BCUT2D eigenvalue weighted by atomic mass is 14.8. The number of fused-ring (bicyclic) bond motifs is 1. The molecule has 0 amide bonds. The Morgan fingerprint density at radius 3 is 1.94 bits per heavy atom. The van der Waals surface area contributed by atoms with Crippen LogP contribution in [0.5, 0.6) is 0 Å². The van der Waals surface area contributed by atoms with E-state index in [1.54, 1.807) is 0 Å². The van der Waals surface area contributed by atoms with Gasteiger partial charge >= 0.3 is 0 Å². The van der Waals surface area contributed by atoms with E-state index < -0.39 is 0 Å².